The van der Waals surface area contributed by atoms with Gasteiger partial charge in [-0.3, -0.25) is 9.89 Å². The Balaban J connectivity index is 1.58. The van der Waals surface area contributed by atoms with Crippen molar-refractivity contribution in [3.05, 3.63) is 46.7 Å². The van der Waals surface area contributed by atoms with E-state index < -0.39 is 0 Å². The van der Waals surface area contributed by atoms with Crippen LogP contribution in [0.2, 0.25) is 0 Å². The minimum absolute atomic E-state index is 0.0130. The first-order chi connectivity index (χ1) is 9.74. The number of amides is 1. The molecule has 2 N–H and O–H groups in total. The van der Waals surface area contributed by atoms with Crippen molar-refractivity contribution < 1.29 is 9.53 Å². The highest BCUT2D eigenvalue weighted by Crippen LogP contribution is 2.16. The third-order valence-corrected chi connectivity index (χ3v) is 3.19. The molecule has 1 aromatic carbocycles. The highest BCUT2D eigenvalue weighted by molar-refractivity contribution is 9.10. The molecule has 0 atom stereocenters. The quantitative estimate of drug-likeness (QED) is 0.763. The van der Waals surface area contributed by atoms with Gasteiger partial charge in [0.1, 0.15) is 5.75 Å². The molecule has 6 heteroatoms. The lowest BCUT2D eigenvalue weighted by molar-refractivity contribution is -0.121. The molecular weight excluding hydrogens is 322 g/mol. The summed E-state index contributed by atoms with van der Waals surface area (Å²) >= 11 is 3.36. The average molecular weight is 338 g/mol. The summed E-state index contributed by atoms with van der Waals surface area (Å²) in [5, 5.41) is 9.43. The Morgan fingerprint density at radius 2 is 2.10 bits per heavy atom. The van der Waals surface area contributed by atoms with Crippen LogP contribution < -0.4 is 10.1 Å². The second-order valence-corrected chi connectivity index (χ2v) is 5.18. The number of nitrogens with zero attached hydrogens (tertiary/aromatic N) is 1. The van der Waals surface area contributed by atoms with Crippen molar-refractivity contribution in [3.8, 4) is 5.75 Å². The Morgan fingerprint density at radius 3 is 2.80 bits per heavy atom. The van der Waals surface area contributed by atoms with E-state index in [0.717, 1.165) is 15.9 Å². The Bertz CT molecular complexity index is 526. The number of ether oxygens (including phenoxy) is 1. The van der Waals surface area contributed by atoms with Gasteiger partial charge in [-0.1, -0.05) is 15.9 Å². The number of benzene rings is 1. The molecule has 2 rings (SSSR count). The van der Waals surface area contributed by atoms with Crippen molar-refractivity contribution in [2.24, 2.45) is 0 Å². The molecule has 5 nitrogen and oxygen atoms in total. The predicted molar refractivity (Wildman–Crippen MR) is 79.3 cm³/mol. The molecule has 2 aromatic rings. The van der Waals surface area contributed by atoms with Crippen molar-refractivity contribution in [2.45, 2.75) is 19.4 Å². The summed E-state index contributed by atoms with van der Waals surface area (Å²) in [7, 11) is 0. The fourth-order valence-electron chi connectivity index (χ4n) is 1.62. The van der Waals surface area contributed by atoms with Crippen molar-refractivity contribution in [1.82, 2.24) is 15.5 Å². The first-order valence-electron chi connectivity index (χ1n) is 6.37. The normalized spacial score (nSPS) is 10.2. The minimum Gasteiger partial charge on any atom is -0.494 e. The lowest BCUT2D eigenvalue weighted by atomic mass is 10.3. The minimum atomic E-state index is 0.0130. The molecule has 1 aromatic heterocycles. The molecule has 1 heterocycles. The molecule has 0 bridgehead atoms. The lowest BCUT2D eigenvalue weighted by Gasteiger charge is -2.06. The SMILES string of the molecule is O=C(CCCOc1ccc(Br)cc1)NCc1ccn[nH]1. The monoisotopic (exact) mass is 337 g/mol. The van der Waals surface area contributed by atoms with Gasteiger partial charge in [0.05, 0.1) is 18.8 Å². The maximum absolute atomic E-state index is 11.6. The van der Waals surface area contributed by atoms with E-state index in [4.69, 9.17) is 4.74 Å². The van der Waals surface area contributed by atoms with Gasteiger partial charge in [-0.05, 0) is 36.8 Å². The van der Waals surface area contributed by atoms with Gasteiger partial charge in [0, 0.05) is 17.1 Å². The largest absolute Gasteiger partial charge is 0.494 e. The number of carbonyl (C=O) groups excluding carboxylic acids is 1. The third-order valence-electron chi connectivity index (χ3n) is 2.66. The molecular formula is C14H16BrN3O2. The summed E-state index contributed by atoms with van der Waals surface area (Å²) < 4.78 is 6.56. The average Bonchev–Trinajstić information content (AvgIpc) is 2.96. The maximum Gasteiger partial charge on any atom is 0.220 e. The molecule has 0 aliphatic carbocycles. The van der Waals surface area contributed by atoms with Crippen molar-refractivity contribution in [1.29, 1.82) is 0 Å². The zero-order chi connectivity index (χ0) is 14.2. The van der Waals surface area contributed by atoms with Gasteiger partial charge in [0.25, 0.3) is 0 Å². The van der Waals surface area contributed by atoms with E-state index in [1.165, 1.54) is 0 Å². The molecule has 20 heavy (non-hydrogen) atoms. The van der Waals surface area contributed by atoms with Crippen LogP contribution in [0.1, 0.15) is 18.5 Å². The van der Waals surface area contributed by atoms with Gasteiger partial charge >= 0.3 is 0 Å². The van der Waals surface area contributed by atoms with Crippen LogP contribution in [0, 0.1) is 0 Å². The van der Waals surface area contributed by atoms with E-state index in [1.54, 1.807) is 6.20 Å². The van der Waals surface area contributed by atoms with Gasteiger partial charge in [0.15, 0.2) is 0 Å². The van der Waals surface area contributed by atoms with Gasteiger partial charge < -0.3 is 10.1 Å². The molecule has 0 radical (unpaired) electrons. The molecule has 0 fully saturated rings. The highest BCUT2D eigenvalue weighted by Gasteiger charge is 2.02. The summed E-state index contributed by atoms with van der Waals surface area (Å²) in [5.74, 6) is 0.824. The maximum atomic E-state index is 11.6. The summed E-state index contributed by atoms with van der Waals surface area (Å²) in [4.78, 5) is 11.6. The number of nitrogens with one attached hydrogen (secondary N) is 2. The zero-order valence-electron chi connectivity index (χ0n) is 10.9. The van der Waals surface area contributed by atoms with Gasteiger partial charge in [0.2, 0.25) is 5.91 Å². The number of hydrogen-bond donors (Lipinski definition) is 2. The number of rotatable bonds is 7. The van der Waals surface area contributed by atoms with E-state index >= 15 is 0 Å². The Hall–Kier alpha value is -1.82. The van der Waals surface area contributed by atoms with Gasteiger partial charge in [-0.25, -0.2) is 0 Å². The second-order valence-electron chi connectivity index (χ2n) is 4.26. The Kier molecular flexibility index (Phi) is 5.61. The van der Waals surface area contributed by atoms with E-state index in [1.807, 2.05) is 30.3 Å². The summed E-state index contributed by atoms with van der Waals surface area (Å²) in [6, 6.07) is 9.46. The van der Waals surface area contributed by atoms with Gasteiger partial charge in [-0.2, -0.15) is 5.10 Å². The number of aromatic amines is 1. The number of aromatic nitrogens is 2. The van der Waals surface area contributed by atoms with Crippen LogP contribution in [-0.2, 0) is 11.3 Å². The zero-order valence-corrected chi connectivity index (χ0v) is 12.5. The molecule has 1 amide bonds. The third kappa shape index (κ3) is 5.05. The van der Waals surface area contributed by atoms with Crippen LogP contribution in [0.15, 0.2) is 41.0 Å². The van der Waals surface area contributed by atoms with Crippen molar-refractivity contribution >= 4 is 21.8 Å². The van der Waals surface area contributed by atoms with E-state index in [9.17, 15) is 4.79 Å². The molecule has 0 unspecified atom stereocenters. The van der Waals surface area contributed by atoms with E-state index in [-0.39, 0.29) is 5.91 Å². The van der Waals surface area contributed by atoms with E-state index in [2.05, 4.69) is 31.4 Å². The fourth-order valence-corrected chi connectivity index (χ4v) is 1.88. The molecule has 0 spiro atoms. The van der Waals surface area contributed by atoms with Crippen LogP contribution in [-0.4, -0.2) is 22.7 Å². The van der Waals surface area contributed by atoms with Gasteiger partial charge in [-0.15, -0.1) is 0 Å². The number of halogens is 1. The fraction of sp³-hybridized carbons (Fsp3) is 0.286. The molecule has 0 aliphatic rings. The summed E-state index contributed by atoms with van der Waals surface area (Å²) in [5.41, 5.74) is 0.893. The summed E-state index contributed by atoms with van der Waals surface area (Å²) in [6.07, 6.45) is 2.79. The number of carbonyl (C=O) groups is 1. The Labute approximate surface area is 125 Å². The molecule has 106 valence electrons. The van der Waals surface area contributed by atoms with Crippen LogP contribution in [0.4, 0.5) is 0 Å². The first-order valence-corrected chi connectivity index (χ1v) is 7.16. The van der Waals surface area contributed by atoms with E-state index in [0.29, 0.717) is 26.0 Å². The second kappa shape index (κ2) is 7.69. The number of H-pyrrole nitrogens is 1. The van der Waals surface area contributed by atoms with Crippen LogP contribution in [0.25, 0.3) is 0 Å². The van der Waals surface area contributed by atoms with Crippen LogP contribution in [0.5, 0.6) is 5.75 Å². The molecule has 0 saturated carbocycles. The topological polar surface area (TPSA) is 67.0 Å². The van der Waals surface area contributed by atoms with Crippen molar-refractivity contribution in [2.75, 3.05) is 6.61 Å². The number of hydrogen-bond acceptors (Lipinski definition) is 3. The Morgan fingerprint density at radius 1 is 1.30 bits per heavy atom. The molecule has 0 aliphatic heterocycles. The predicted octanol–water partition coefficient (Wildman–Crippen LogP) is 2.65. The highest BCUT2D eigenvalue weighted by atomic mass is 79.9. The standard InChI is InChI=1S/C14H16BrN3O2/c15-11-3-5-13(6-4-11)20-9-1-2-14(19)16-10-12-7-8-17-18-12/h3-8H,1-2,9-10H2,(H,16,19)(H,17,18). The lowest BCUT2D eigenvalue weighted by Crippen LogP contribution is -2.23. The van der Waals surface area contributed by atoms with Crippen molar-refractivity contribution in [3.63, 3.8) is 0 Å². The summed E-state index contributed by atoms with van der Waals surface area (Å²) in [6.45, 7) is 1.01. The molecule has 0 saturated heterocycles. The van der Waals surface area contributed by atoms with Crippen LogP contribution >= 0.6 is 15.9 Å². The first kappa shape index (κ1) is 14.6. The van der Waals surface area contributed by atoms with Crippen LogP contribution in [0.3, 0.4) is 0 Å². The smallest absolute Gasteiger partial charge is 0.220 e.